The normalized spacial score (nSPS) is 22.4. The molecule has 1 atom stereocenters. The molecule has 90 valence electrons. The zero-order chi connectivity index (χ0) is 12.4. The van der Waals surface area contributed by atoms with Crippen molar-refractivity contribution in [1.29, 1.82) is 0 Å². The lowest BCUT2D eigenvalue weighted by molar-refractivity contribution is -0.115. The molecule has 1 aromatic rings. The Morgan fingerprint density at radius 2 is 2.06 bits per heavy atom. The maximum absolute atomic E-state index is 11.9. The molecule has 0 saturated carbocycles. The Bertz CT molecular complexity index is 550. The molecule has 0 amide bonds. The first-order valence-electron chi connectivity index (χ1n) is 6.16. The standard InChI is InChI=1S/C16H14O2/c17-15-11-16-14(7-4-10-18-16)13(15)9-8-12-5-2-1-3-6-12/h1-3,5-9,11,13H,4,10H2/b9-8+. The molecule has 1 heterocycles. The second-order valence-electron chi connectivity index (χ2n) is 4.46. The van der Waals surface area contributed by atoms with E-state index in [4.69, 9.17) is 4.74 Å². The number of benzene rings is 1. The molecule has 0 spiro atoms. The Kier molecular flexibility index (Phi) is 2.85. The number of rotatable bonds is 2. The smallest absolute Gasteiger partial charge is 0.170 e. The molecule has 2 nitrogen and oxygen atoms in total. The van der Waals surface area contributed by atoms with Crippen molar-refractivity contribution in [3.63, 3.8) is 0 Å². The molecule has 3 rings (SSSR count). The summed E-state index contributed by atoms with van der Waals surface area (Å²) in [5, 5.41) is 0. The average molecular weight is 238 g/mol. The van der Waals surface area contributed by atoms with Gasteiger partial charge in [0.1, 0.15) is 5.76 Å². The number of fused-ring (bicyclic) bond motifs is 1. The molecule has 0 aromatic heterocycles. The number of carbonyl (C=O) groups is 1. The summed E-state index contributed by atoms with van der Waals surface area (Å²) in [4.78, 5) is 11.9. The molecular formula is C16H14O2. The van der Waals surface area contributed by atoms with Gasteiger partial charge in [0.05, 0.1) is 12.5 Å². The van der Waals surface area contributed by atoms with Gasteiger partial charge in [-0.25, -0.2) is 0 Å². The monoisotopic (exact) mass is 238 g/mol. The lowest BCUT2D eigenvalue weighted by Crippen LogP contribution is -2.09. The van der Waals surface area contributed by atoms with Gasteiger partial charge in [0.2, 0.25) is 0 Å². The fourth-order valence-corrected chi connectivity index (χ4v) is 2.31. The minimum absolute atomic E-state index is 0.116. The molecule has 1 unspecified atom stereocenters. The number of ketones is 1. The molecule has 0 bridgehead atoms. The van der Waals surface area contributed by atoms with Gasteiger partial charge < -0.3 is 4.74 Å². The second-order valence-corrected chi connectivity index (χ2v) is 4.46. The van der Waals surface area contributed by atoms with Crippen LogP contribution in [0.4, 0.5) is 0 Å². The van der Waals surface area contributed by atoms with Crippen molar-refractivity contribution >= 4 is 11.9 Å². The van der Waals surface area contributed by atoms with Crippen molar-refractivity contribution in [3.05, 3.63) is 65.5 Å². The summed E-state index contributed by atoms with van der Waals surface area (Å²) in [6, 6.07) is 10.0. The van der Waals surface area contributed by atoms with E-state index in [1.807, 2.05) is 42.5 Å². The number of hydrogen-bond donors (Lipinski definition) is 0. The van der Waals surface area contributed by atoms with Crippen LogP contribution in [-0.2, 0) is 9.53 Å². The largest absolute Gasteiger partial charge is 0.493 e. The number of ether oxygens (including phenoxy) is 1. The summed E-state index contributed by atoms with van der Waals surface area (Å²) in [5.41, 5.74) is 2.13. The maximum atomic E-state index is 11.9. The fraction of sp³-hybridized carbons (Fsp3) is 0.188. The topological polar surface area (TPSA) is 26.3 Å². The van der Waals surface area contributed by atoms with Gasteiger partial charge in [0, 0.05) is 18.1 Å². The first kappa shape index (κ1) is 11.0. The van der Waals surface area contributed by atoms with Crippen molar-refractivity contribution in [2.24, 2.45) is 5.92 Å². The van der Waals surface area contributed by atoms with Crippen LogP contribution in [0.2, 0.25) is 0 Å². The molecule has 0 fully saturated rings. The van der Waals surface area contributed by atoms with Gasteiger partial charge in [-0.1, -0.05) is 48.6 Å². The molecule has 2 heteroatoms. The average Bonchev–Trinajstić information content (AvgIpc) is 2.73. The van der Waals surface area contributed by atoms with Crippen LogP contribution in [0.15, 0.2) is 59.9 Å². The molecule has 0 N–H and O–H groups in total. The number of carbonyl (C=O) groups excluding carboxylic acids is 1. The Morgan fingerprint density at radius 3 is 2.89 bits per heavy atom. The predicted molar refractivity (Wildman–Crippen MR) is 70.7 cm³/mol. The van der Waals surface area contributed by atoms with Crippen LogP contribution in [-0.4, -0.2) is 12.4 Å². The van der Waals surface area contributed by atoms with Crippen molar-refractivity contribution < 1.29 is 9.53 Å². The summed E-state index contributed by atoms with van der Waals surface area (Å²) in [5.74, 6) is 0.708. The Hall–Kier alpha value is -2.09. The lowest BCUT2D eigenvalue weighted by Gasteiger charge is -2.16. The Balaban J connectivity index is 1.84. The summed E-state index contributed by atoms with van der Waals surface area (Å²) in [6.07, 6.45) is 8.57. The highest BCUT2D eigenvalue weighted by Gasteiger charge is 2.31. The number of allylic oxidation sites excluding steroid dienone is 3. The van der Waals surface area contributed by atoms with Crippen molar-refractivity contribution in [2.45, 2.75) is 6.42 Å². The third-order valence-corrected chi connectivity index (χ3v) is 3.22. The van der Waals surface area contributed by atoms with Crippen LogP contribution >= 0.6 is 0 Å². The van der Waals surface area contributed by atoms with E-state index in [9.17, 15) is 4.79 Å². The zero-order valence-electron chi connectivity index (χ0n) is 10.0. The van der Waals surface area contributed by atoms with Crippen LogP contribution in [0, 0.1) is 5.92 Å². The van der Waals surface area contributed by atoms with E-state index in [0.29, 0.717) is 6.61 Å². The quantitative estimate of drug-likeness (QED) is 0.791. The highest BCUT2D eigenvalue weighted by atomic mass is 16.5. The minimum atomic E-state index is -0.166. The zero-order valence-corrected chi connectivity index (χ0v) is 10.0. The molecule has 1 aliphatic heterocycles. The lowest BCUT2D eigenvalue weighted by atomic mass is 9.97. The van der Waals surface area contributed by atoms with E-state index in [-0.39, 0.29) is 11.7 Å². The molecule has 0 radical (unpaired) electrons. The van der Waals surface area contributed by atoms with E-state index >= 15 is 0 Å². The number of hydrogen-bond acceptors (Lipinski definition) is 2. The van der Waals surface area contributed by atoms with Gasteiger partial charge in [-0.3, -0.25) is 4.79 Å². The molecule has 2 aliphatic rings. The van der Waals surface area contributed by atoms with Crippen molar-refractivity contribution in [1.82, 2.24) is 0 Å². The third kappa shape index (κ3) is 2.02. The highest BCUT2D eigenvalue weighted by molar-refractivity contribution is 6.01. The summed E-state index contributed by atoms with van der Waals surface area (Å²) in [6.45, 7) is 0.678. The molecule has 0 saturated heterocycles. The van der Waals surface area contributed by atoms with Crippen LogP contribution in [0.5, 0.6) is 0 Å². The molecular weight excluding hydrogens is 224 g/mol. The highest BCUT2D eigenvalue weighted by Crippen LogP contribution is 2.33. The summed E-state index contributed by atoms with van der Waals surface area (Å²) in [7, 11) is 0. The van der Waals surface area contributed by atoms with E-state index in [1.165, 1.54) is 0 Å². The molecule has 1 aromatic carbocycles. The fourth-order valence-electron chi connectivity index (χ4n) is 2.31. The van der Waals surface area contributed by atoms with Gasteiger partial charge in [-0.05, 0) is 5.56 Å². The first-order chi connectivity index (χ1) is 8.84. The second kappa shape index (κ2) is 4.65. The minimum Gasteiger partial charge on any atom is -0.493 e. The van der Waals surface area contributed by atoms with Gasteiger partial charge >= 0.3 is 0 Å². The SMILES string of the molecule is O=C1C=C2OCCC=C2C1/C=C/c1ccccc1. The third-order valence-electron chi connectivity index (χ3n) is 3.22. The van der Waals surface area contributed by atoms with E-state index < -0.39 is 0 Å². The van der Waals surface area contributed by atoms with E-state index in [1.54, 1.807) is 6.08 Å². The summed E-state index contributed by atoms with van der Waals surface area (Å²) < 4.78 is 5.49. The summed E-state index contributed by atoms with van der Waals surface area (Å²) >= 11 is 0. The predicted octanol–water partition coefficient (Wildman–Crippen LogP) is 3.13. The van der Waals surface area contributed by atoms with Gasteiger partial charge in [0.15, 0.2) is 5.78 Å². The first-order valence-corrected chi connectivity index (χ1v) is 6.16. The van der Waals surface area contributed by atoms with Gasteiger partial charge in [-0.15, -0.1) is 0 Å². The van der Waals surface area contributed by atoms with Gasteiger partial charge in [-0.2, -0.15) is 0 Å². The van der Waals surface area contributed by atoms with Crippen LogP contribution in [0.1, 0.15) is 12.0 Å². The van der Waals surface area contributed by atoms with Crippen LogP contribution < -0.4 is 0 Å². The van der Waals surface area contributed by atoms with Crippen LogP contribution in [0.3, 0.4) is 0 Å². The molecule has 1 aliphatic carbocycles. The Morgan fingerprint density at radius 1 is 1.22 bits per heavy atom. The van der Waals surface area contributed by atoms with Crippen molar-refractivity contribution in [2.75, 3.05) is 6.61 Å². The maximum Gasteiger partial charge on any atom is 0.170 e. The van der Waals surface area contributed by atoms with Crippen molar-refractivity contribution in [3.8, 4) is 0 Å². The van der Waals surface area contributed by atoms with Gasteiger partial charge in [0.25, 0.3) is 0 Å². The van der Waals surface area contributed by atoms with E-state index in [0.717, 1.165) is 23.3 Å². The van der Waals surface area contributed by atoms with E-state index in [2.05, 4.69) is 6.08 Å². The van der Waals surface area contributed by atoms with Crippen LogP contribution in [0.25, 0.3) is 6.08 Å². The molecule has 18 heavy (non-hydrogen) atoms. The Labute approximate surface area is 106 Å².